The highest BCUT2D eigenvalue weighted by Gasteiger charge is 2.36. The summed E-state index contributed by atoms with van der Waals surface area (Å²) in [5.41, 5.74) is 5.26. The summed E-state index contributed by atoms with van der Waals surface area (Å²) in [6.45, 7) is 0.507. The summed E-state index contributed by atoms with van der Waals surface area (Å²) in [7, 11) is 1.65. The minimum Gasteiger partial charge on any atom is -0.497 e. The van der Waals surface area contributed by atoms with E-state index in [9.17, 15) is 9.18 Å². The molecule has 3 heterocycles. The molecule has 2 aromatic heterocycles. The van der Waals surface area contributed by atoms with Gasteiger partial charge in [-0.15, -0.1) is 11.3 Å². The number of carbonyl (C=O) groups excluding carboxylic acids is 1. The molecule has 0 bridgehead atoms. The number of urea groups is 1. The van der Waals surface area contributed by atoms with Crippen LogP contribution in [0.5, 0.6) is 5.75 Å². The van der Waals surface area contributed by atoms with E-state index >= 15 is 0 Å². The number of rotatable bonds is 3. The maximum atomic E-state index is 13.8. The average molecular weight is 488 g/mol. The molecule has 0 saturated heterocycles. The zero-order valence-electron chi connectivity index (χ0n) is 19.5. The monoisotopic (exact) mass is 487 g/mol. The molecule has 35 heavy (non-hydrogen) atoms. The Labute approximate surface area is 207 Å². The molecule has 1 N–H and O–H groups in total. The van der Waals surface area contributed by atoms with E-state index in [1.807, 2.05) is 40.5 Å². The van der Waals surface area contributed by atoms with Gasteiger partial charge in [0.15, 0.2) is 0 Å². The van der Waals surface area contributed by atoms with Crippen LogP contribution in [0.3, 0.4) is 0 Å². The molecule has 0 spiro atoms. The summed E-state index contributed by atoms with van der Waals surface area (Å²) in [6.07, 6.45) is 6.66. The first-order valence-corrected chi connectivity index (χ1v) is 12.7. The van der Waals surface area contributed by atoms with E-state index in [1.165, 1.54) is 46.0 Å². The van der Waals surface area contributed by atoms with E-state index in [0.29, 0.717) is 12.2 Å². The number of nitrogens with one attached hydrogen (secondary N) is 1. The maximum Gasteiger partial charge on any atom is 0.322 e. The highest BCUT2D eigenvalue weighted by molar-refractivity contribution is 7.15. The Kier molecular flexibility index (Phi) is 5.57. The third-order valence-corrected chi connectivity index (χ3v) is 8.30. The lowest BCUT2D eigenvalue weighted by molar-refractivity contribution is 0.194. The van der Waals surface area contributed by atoms with Gasteiger partial charge in [0, 0.05) is 22.3 Å². The lowest BCUT2D eigenvalue weighted by atomic mass is 9.95. The number of methoxy groups -OCH3 is 1. The Morgan fingerprint density at radius 3 is 2.57 bits per heavy atom. The summed E-state index contributed by atoms with van der Waals surface area (Å²) >= 11 is 1.86. The van der Waals surface area contributed by atoms with Crippen molar-refractivity contribution in [3.05, 3.63) is 99.9 Å². The number of fused-ring (bicyclic) bond motifs is 5. The molecule has 5 nitrogen and oxygen atoms in total. The predicted molar refractivity (Wildman–Crippen MR) is 136 cm³/mol. The number of thiophene rings is 1. The van der Waals surface area contributed by atoms with Crippen LogP contribution in [-0.2, 0) is 19.4 Å². The van der Waals surface area contributed by atoms with Gasteiger partial charge >= 0.3 is 6.03 Å². The Morgan fingerprint density at radius 2 is 1.80 bits per heavy atom. The van der Waals surface area contributed by atoms with Gasteiger partial charge in [-0.25, -0.2) is 9.18 Å². The van der Waals surface area contributed by atoms with E-state index in [2.05, 4.69) is 28.2 Å². The van der Waals surface area contributed by atoms with E-state index in [4.69, 9.17) is 4.74 Å². The molecule has 178 valence electrons. The van der Waals surface area contributed by atoms with Crippen molar-refractivity contribution >= 4 is 23.1 Å². The molecule has 1 unspecified atom stereocenters. The van der Waals surface area contributed by atoms with Crippen LogP contribution in [0.4, 0.5) is 14.9 Å². The number of ether oxygens (including phenoxy) is 1. The molecule has 2 aromatic carbocycles. The van der Waals surface area contributed by atoms with Gasteiger partial charge in [0.05, 0.1) is 25.4 Å². The smallest absolute Gasteiger partial charge is 0.322 e. The van der Waals surface area contributed by atoms with Crippen molar-refractivity contribution in [3.63, 3.8) is 0 Å². The number of nitrogens with zero attached hydrogens (tertiary/aromatic N) is 2. The number of anilines is 1. The van der Waals surface area contributed by atoms with Crippen LogP contribution in [-0.4, -0.2) is 22.6 Å². The van der Waals surface area contributed by atoms with Crippen molar-refractivity contribution in [2.24, 2.45) is 0 Å². The quantitative estimate of drug-likeness (QED) is 0.349. The minimum atomic E-state index is -0.332. The Hall–Kier alpha value is -3.58. The number of aromatic nitrogens is 1. The standard InChI is InChI=1S/C28H26FN3O2S/c1-34-21-14-8-18(9-15-21)26-24-6-4-16-31(24)27-23(22-5-2-3-7-25(22)35-27)17-32(26)28(33)30-20-12-10-19(29)11-13-20/h4,6,8-16,26H,2-3,5,7,17H2,1H3,(H,30,33). The molecule has 6 rings (SSSR count). The van der Waals surface area contributed by atoms with Gasteiger partial charge in [-0.05, 0) is 85.3 Å². The normalized spacial score (nSPS) is 16.6. The highest BCUT2D eigenvalue weighted by Crippen LogP contribution is 2.44. The predicted octanol–water partition coefficient (Wildman–Crippen LogP) is 6.70. The van der Waals surface area contributed by atoms with Crippen LogP contribution in [0.25, 0.3) is 5.00 Å². The average Bonchev–Trinajstić information content (AvgIpc) is 3.47. The van der Waals surface area contributed by atoms with Crippen molar-refractivity contribution in [2.75, 3.05) is 12.4 Å². The summed E-state index contributed by atoms with van der Waals surface area (Å²) in [5.74, 6) is 0.439. The number of aryl methyl sites for hydroxylation is 1. The SMILES string of the molecule is COc1ccc(C2c3cccn3-c3sc4c(c3CN2C(=O)Nc2ccc(F)cc2)CCCC4)cc1. The number of carbonyl (C=O) groups is 1. The first kappa shape index (κ1) is 21.9. The van der Waals surface area contributed by atoms with Gasteiger partial charge in [-0.3, -0.25) is 0 Å². The van der Waals surface area contributed by atoms with E-state index in [-0.39, 0.29) is 17.9 Å². The highest BCUT2D eigenvalue weighted by atomic mass is 32.1. The molecule has 1 aliphatic carbocycles. The second kappa shape index (κ2) is 8.89. The lowest BCUT2D eigenvalue weighted by Gasteiger charge is -2.31. The van der Waals surface area contributed by atoms with Crippen molar-refractivity contribution < 1.29 is 13.9 Å². The fraction of sp³-hybridized carbons (Fsp3) is 0.250. The molecule has 0 fully saturated rings. The molecule has 1 aliphatic heterocycles. The molecular formula is C28H26FN3O2S. The molecule has 0 saturated carbocycles. The van der Waals surface area contributed by atoms with Crippen LogP contribution in [0.15, 0.2) is 66.9 Å². The number of amides is 2. The van der Waals surface area contributed by atoms with Gasteiger partial charge in [-0.1, -0.05) is 12.1 Å². The first-order chi connectivity index (χ1) is 17.1. The van der Waals surface area contributed by atoms with E-state index in [0.717, 1.165) is 29.8 Å². The van der Waals surface area contributed by atoms with Gasteiger partial charge in [0.2, 0.25) is 0 Å². The van der Waals surface area contributed by atoms with Gasteiger partial charge in [-0.2, -0.15) is 0 Å². The fourth-order valence-corrected chi connectivity index (χ4v) is 6.66. The Bertz CT molecular complexity index is 1370. The molecule has 1 atom stereocenters. The minimum absolute atomic E-state index is 0.214. The van der Waals surface area contributed by atoms with Crippen molar-refractivity contribution in [1.29, 1.82) is 0 Å². The third-order valence-electron chi connectivity index (χ3n) is 6.97. The maximum absolute atomic E-state index is 13.8. The molecule has 0 radical (unpaired) electrons. The third kappa shape index (κ3) is 3.90. The summed E-state index contributed by atoms with van der Waals surface area (Å²) < 4.78 is 21.1. The number of hydrogen-bond acceptors (Lipinski definition) is 3. The Balaban J connectivity index is 1.48. The summed E-state index contributed by atoms with van der Waals surface area (Å²) in [5, 5.41) is 4.22. The van der Waals surface area contributed by atoms with Gasteiger partial charge in [0.1, 0.15) is 16.6 Å². The zero-order valence-corrected chi connectivity index (χ0v) is 20.3. The molecule has 2 amide bonds. The second-order valence-corrected chi connectivity index (χ2v) is 10.1. The molecule has 2 aliphatic rings. The lowest BCUT2D eigenvalue weighted by Crippen LogP contribution is -2.38. The van der Waals surface area contributed by atoms with Crippen molar-refractivity contribution in [1.82, 2.24) is 9.47 Å². The van der Waals surface area contributed by atoms with Crippen LogP contribution >= 0.6 is 11.3 Å². The van der Waals surface area contributed by atoms with Crippen LogP contribution in [0, 0.1) is 5.82 Å². The van der Waals surface area contributed by atoms with Gasteiger partial charge < -0.3 is 19.5 Å². The topological polar surface area (TPSA) is 46.5 Å². The molecular weight excluding hydrogens is 461 g/mol. The number of halogens is 1. The van der Waals surface area contributed by atoms with Crippen molar-refractivity contribution in [2.45, 2.75) is 38.3 Å². The van der Waals surface area contributed by atoms with Crippen molar-refractivity contribution in [3.8, 4) is 10.8 Å². The largest absolute Gasteiger partial charge is 0.497 e. The fourth-order valence-electron chi connectivity index (χ4n) is 5.25. The van der Waals surface area contributed by atoms with Crippen LogP contribution < -0.4 is 10.1 Å². The molecule has 4 aromatic rings. The summed E-state index contributed by atoms with van der Waals surface area (Å²) in [4.78, 5) is 17.2. The van der Waals surface area contributed by atoms with E-state index < -0.39 is 0 Å². The number of hydrogen-bond donors (Lipinski definition) is 1. The van der Waals surface area contributed by atoms with Crippen LogP contribution in [0.2, 0.25) is 0 Å². The second-order valence-electron chi connectivity index (χ2n) is 9.04. The van der Waals surface area contributed by atoms with E-state index in [1.54, 1.807) is 19.2 Å². The molecule has 7 heteroatoms. The first-order valence-electron chi connectivity index (χ1n) is 11.9. The number of benzene rings is 2. The zero-order chi connectivity index (χ0) is 23.9. The Morgan fingerprint density at radius 1 is 1.03 bits per heavy atom. The van der Waals surface area contributed by atoms with Crippen LogP contribution in [0.1, 0.15) is 46.1 Å². The van der Waals surface area contributed by atoms with Gasteiger partial charge in [0.25, 0.3) is 0 Å². The summed E-state index contributed by atoms with van der Waals surface area (Å²) in [6, 6.07) is 17.4.